The van der Waals surface area contributed by atoms with Crippen LogP contribution in [0, 0.1) is 0 Å². The molecule has 1 rings (SSSR count). The van der Waals surface area contributed by atoms with Crippen molar-refractivity contribution in [3.8, 4) is 0 Å². The molecule has 6 heteroatoms. The molecule has 1 aliphatic heterocycles. The van der Waals surface area contributed by atoms with Gasteiger partial charge in [0.2, 0.25) is 6.35 Å². The monoisotopic (exact) mass is 177 g/mol. The minimum absolute atomic E-state index is 0.403. The first-order valence-electron chi connectivity index (χ1n) is 3.24. The van der Waals surface area contributed by atoms with Gasteiger partial charge in [0, 0.05) is 19.1 Å². The number of methoxy groups -OCH3 is 1. The second-order valence-electron chi connectivity index (χ2n) is 1.82. The highest BCUT2D eigenvalue weighted by Crippen LogP contribution is 2.23. The molecule has 1 aliphatic rings. The number of hydrogen-bond acceptors (Lipinski definition) is 6. The molecule has 5 nitrogen and oxygen atoms in total. The molecule has 0 radical (unpaired) electrons. The Balaban J connectivity index is 2.45. The Bertz CT molecular complexity index is 164. The van der Waals surface area contributed by atoms with Crippen molar-refractivity contribution < 1.29 is 9.57 Å². The molecule has 0 saturated heterocycles. The number of nitrogens with zero attached hydrogens (tertiary/aromatic N) is 2. The van der Waals surface area contributed by atoms with Crippen LogP contribution in [-0.4, -0.2) is 29.7 Å². The van der Waals surface area contributed by atoms with Crippen molar-refractivity contribution in [3.63, 3.8) is 0 Å². The summed E-state index contributed by atoms with van der Waals surface area (Å²) in [6, 6.07) is 0. The van der Waals surface area contributed by atoms with Gasteiger partial charge in [-0.05, 0) is 6.92 Å². The van der Waals surface area contributed by atoms with Crippen molar-refractivity contribution in [1.29, 1.82) is 0 Å². The van der Waals surface area contributed by atoms with Crippen LogP contribution in [0.2, 0.25) is 0 Å². The van der Waals surface area contributed by atoms with Crippen LogP contribution in [0.3, 0.4) is 0 Å². The zero-order valence-electron chi connectivity index (χ0n) is 6.48. The molecule has 1 heterocycles. The summed E-state index contributed by atoms with van der Waals surface area (Å²) in [7, 11) is 1.55. The summed E-state index contributed by atoms with van der Waals surface area (Å²) < 4.78 is 6.48. The van der Waals surface area contributed by atoms with Gasteiger partial charge in [0.1, 0.15) is 0 Å². The third-order valence-electron chi connectivity index (χ3n) is 1.07. The number of amidine groups is 1. The lowest BCUT2D eigenvalue weighted by atomic mass is 10.9. The summed E-state index contributed by atoms with van der Waals surface area (Å²) in [6.07, 6.45) is -0.403. The molecule has 0 fully saturated rings. The standard InChI is InChI=1S/C5H11N3O2S/c1-3-10-8-5(9-2)7-4(6)11-8/h5H,3H2,1-2H3,(H2,6,7). The van der Waals surface area contributed by atoms with E-state index in [9.17, 15) is 0 Å². The van der Waals surface area contributed by atoms with Crippen LogP contribution in [0.5, 0.6) is 0 Å². The molecule has 0 saturated carbocycles. The highest BCUT2D eigenvalue weighted by molar-refractivity contribution is 8.11. The molecular formula is C5H11N3O2S. The number of hydrogen-bond donors (Lipinski definition) is 1. The maximum absolute atomic E-state index is 5.43. The fourth-order valence-corrected chi connectivity index (χ4v) is 1.38. The number of rotatable bonds is 3. The van der Waals surface area contributed by atoms with Crippen LogP contribution in [-0.2, 0) is 9.57 Å². The molecule has 1 atom stereocenters. The average Bonchev–Trinajstić information content (AvgIpc) is 2.32. The predicted molar refractivity (Wildman–Crippen MR) is 43.5 cm³/mol. The summed E-state index contributed by atoms with van der Waals surface area (Å²) in [5, 5.41) is 0.463. The lowest BCUT2D eigenvalue weighted by Gasteiger charge is -2.17. The highest BCUT2D eigenvalue weighted by atomic mass is 32.2. The lowest BCUT2D eigenvalue weighted by Crippen LogP contribution is -2.25. The quantitative estimate of drug-likeness (QED) is 0.622. The predicted octanol–water partition coefficient (Wildman–Crippen LogP) is 0.146. The summed E-state index contributed by atoms with van der Waals surface area (Å²) in [4.78, 5) is 9.10. The molecule has 0 aliphatic carbocycles. The molecule has 11 heavy (non-hydrogen) atoms. The zero-order valence-corrected chi connectivity index (χ0v) is 7.30. The molecule has 0 aromatic heterocycles. The molecule has 0 bridgehead atoms. The van der Waals surface area contributed by atoms with Gasteiger partial charge in [0.15, 0.2) is 5.17 Å². The van der Waals surface area contributed by atoms with Gasteiger partial charge < -0.3 is 10.5 Å². The van der Waals surface area contributed by atoms with E-state index in [1.54, 1.807) is 7.11 Å². The van der Waals surface area contributed by atoms with Crippen LogP contribution in [0.4, 0.5) is 0 Å². The minimum Gasteiger partial charge on any atom is -0.377 e. The van der Waals surface area contributed by atoms with Gasteiger partial charge >= 0.3 is 0 Å². The number of aliphatic imine (C=N–C) groups is 1. The molecule has 1 unspecified atom stereocenters. The average molecular weight is 177 g/mol. The molecule has 0 aromatic carbocycles. The molecule has 0 spiro atoms. The first-order valence-corrected chi connectivity index (χ1v) is 4.01. The van der Waals surface area contributed by atoms with E-state index in [-0.39, 0.29) is 0 Å². The summed E-state index contributed by atoms with van der Waals surface area (Å²) in [6.45, 7) is 2.47. The van der Waals surface area contributed by atoms with Crippen LogP contribution < -0.4 is 5.73 Å². The van der Waals surface area contributed by atoms with Gasteiger partial charge in [-0.25, -0.2) is 4.99 Å². The Morgan fingerprint density at radius 1 is 1.82 bits per heavy atom. The van der Waals surface area contributed by atoms with Gasteiger partial charge in [-0.1, -0.05) is 4.47 Å². The van der Waals surface area contributed by atoms with Crippen molar-refractivity contribution in [1.82, 2.24) is 4.47 Å². The van der Waals surface area contributed by atoms with E-state index in [1.807, 2.05) is 6.92 Å². The topological polar surface area (TPSA) is 60.1 Å². The largest absolute Gasteiger partial charge is 0.377 e. The van der Waals surface area contributed by atoms with Gasteiger partial charge in [-0.15, -0.1) is 0 Å². The first kappa shape index (κ1) is 8.79. The molecule has 0 aromatic rings. The SMILES string of the molecule is CCON1SC(N)=NC1OC. The highest BCUT2D eigenvalue weighted by Gasteiger charge is 2.26. The molecule has 2 N–H and O–H groups in total. The number of hydroxylamine groups is 1. The van der Waals surface area contributed by atoms with Crippen molar-refractivity contribution in [3.05, 3.63) is 0 Å². The first-order chi connectivity index (χ1) is 5.27. The maximum Gasteiger partial charge on any atom is 0.242 e. The van der Waals surface area contributed by atoms with Crippen LogP contribution in [0.15, 0.2) is 4.99 Å². The summed E-state index contributed by atoms with van der Waals surface area (Å²) in [5.74, 6) is 0. The fraction of sp³-hybridized carbons (Fsp3) is 0.800. The van der Waals surface area contributed by atoms with Gasteiger partial charge in [-0.2, -0.15) is 0 Å². The Labute approximate surface area is 69.6 Å². The Kier molecular flexibility index (Phi) is 3.13. The Hall–Kier alpha value is -0.300. The zero-order chi connectivity index (χ0) is 8.27. The van der Waals surface area contributed by atoms with E-state index >= 15 is 0 Å². The summed E-state index contributed by atoms with van der Waals surface area (Å²) in [5.41, 5.74) is 5.43. The minimum atomic E-state index is -0.403. The second kappa shape index (κ2) is 3.91. The van der Waals surface area contributed by atoms with Crippen molar-refractivity contribution >= 4 is 17.1 Å². The molecule has 0 amide bonds. The molecule has 64 valence electrons. The van der Waals surface area contributed by atoms with Crippen molar-refractivity contribution in [2.45, 2.75) is 13.3 Å². The Morgan fingerprint density at radius 2 is 2.55 bits per heavy atom. The van der Waals surface area contributed by atoms with Crippen LogP contribution in [0.25, 0.3) is 0 Å². The smallest absolute Gasteiger partial charge is 0.242 e. The van der Waals surface area contributed by atoms with Gasteiger partial charge in [0.05, 0.1) is 6.61 Å². The Morgan fingerprint density at radius 3 is 3.09 bits per heavy atom. The third kappa shape index (κ3) is 2.06. The fourth-order valence-electron chi connectivity index (χ4n) is 0.673. The van der Waals surface area contributed by atoms with E-state index < -0.39 is 6.35 Å². The maximum atomic E-state index is 5.43. The lowest BCUT2D eigenvalue weighted by molar-refractivity contribution is -0.165. The van der Waals surface area contributed by atoms with Gasteiger partial charge in [-0.3, -0.25) is 4.84 Å². The number of ether oxygens (including phenoxy) is 1. The van der Waals surface area contributed by atoms with Crippen molar-refractivity contribution in [2.75, 3.05) is 13.7 Å². The van der Waals surface area contributed by atoms with Crippen LogP contribution in [0.1, 0.15) is 6.92 Å². The third-order valence-corrected chi connectivity index (χ3v) is 1.83. The van der Waals surface area contributed by atoms with Crippen LogP contribution >= 0.6 is 11.9 Å². The second-order valence-corrected chi connectivity index (χ2v) is 2.78. The number of nitrogens with two attached hydrogens (primary N) is 1. The van der Waals surface area contributed by atoms with E-state index in [0.29, 0.717) is 11.8 Å². The van der Waals surface area contributed by atoms with E-state index in [1.165, 1.54) is 16.4 Å². The molecular weight excluding hydrogens is 166 g/mol. The van der Waals surface area contributed by atoms with E-state index in [2.05, 4.69) is 4.99 Å². The van der Waals surface area contributed by atoms with E-state index in [4.69, 9.17) is 15.3 Å². The summed E-state index contributed by atoms with van der Waals surface area (Å²) >= 11 is 1.24. The van der Waals surface area contributed by atoms with Crippen molar-refractivity contribution in [2.24, 2.45) is 10.7 Å². The van der Waals surface area contributed by atoms with E-state index in [0.717, 1.165) is 0 Å². The van der Waals surface area contributed by atoms with Gasteiger partial charge in [0.25, 0.3) is 0 Å². The normalized spacial score (nSPS) is 25.6.